The summed E-state index contributed by atoms with van der Waals surface area (Å²) in [5, 5.41) is 2.77. The zero-order valence-electron chi connectivity index (χ0n) is 8.54. The smallest absolute Gasteiger partial charge is 0.347 e. The molecule has 0 aliphatic carbocycles. The lowest BCUT2D eigenvalue weighted by Crippen LogP contribution is -2.20. The van der Waals surface area contributed by atoms with Gasteiger partial charge >= 0.3 is 5.97 Å². The number of ketones is 1. The molecule has 0 aromatic carbocycles. The van der Waals surface area contributed by atoms with Crippen molar-refractivity contribution in [2.24, 2.45) is 0 Å². The van der Waals surface area contributed by atoms with Gasteiger partial charge in [-0.3, -0.25) is 4.79 Å². The van der Waals surface area contributed by atoms with E-state index >= 15 is 0 Å². The van der Waals surface area contributed by atoms with E-state index in [-0.39, 0.29) is 30.5 Å². The van der Waals surface area contributed by atoms with Crippen LogP contribution in [0.3, 0.4) is 0 Å². The molecule has 5 heteroatoms. The number of esters is 1. The third-order valence-corrected chi connectivity index (χ3v) is 1.74. The Balaban J connectivity index is 2.80. The Hall–Kier alpha value is -1.78. The van der Waals surface area contributed by atoms with E-state index in [2.05, 4.69) is 11.9 Å². The van der Waals surface area contributed by atoms with Crippen LogP contribution in [0.5, 0.6) is 0 Å². The lowest BCUT2D eigenvalue weighted by Gasteiger charge is -2.05. The molecule has 0 radical (unpaired) electrons. The van der Waals surface area contributed by atoms with Gasteiger partial charge in [-0.15, -0.1) is 6.58 Å². The molecule has 15 heavy (non-hydrogen) atoms. The van der Waals surface area contributed by atoms with Gasteiger partial charge in [-0.1, -0.05) is 6.08 Å². The molecule has 0 saturated heterocycles. The van der Waals surface area contributed by atoms with Crippen LogP contribution in [0, 0.1) is 0 Å². The standard InChI is InChI=1S/C10H13NO4/c1-3-5-11-9-8(7(12)6-15-9)10(13)14-4-2/h3,11H,1,4-6H2,2H3. The number of carbonyl (C=O) groups excluding carboxylic acids is 2. The van der Waals surface area contributed by atoms with Crippen LogP contribution in [-0.2, 0) is 19.1 Å². The van der Waals surface area contributed by atoms with Crippen LogP contribution in [0.4, 0.5) is 0 Å². The third kappa shape index (κ3) is 2.59. The Bertz CT molecular complexity index is 319. The lowest BCUT2D eigenvalue weighted by atomic mass is 10.2. The molecule has 0 spiro atoms. The van der Waals surface area contributed by atoms with E-state index < -0.39 is 5.97 Å². The Morgan fingerprint density at radius 2 is 2.47 bits per heavy atom. The second kappa shape index (κ2) is 5.19. The number of carbonyl (C=O) groups is 2. The van der Waals surface area contributed by atoms with Crippen molar-refractivity contribution in [3.63, 3.8) is 0 Å². The normalized spacial score (nSPS) is 14.9. The SMILES string of the molecule is C=CCNC1=C(C(=O)OCC)C(=O)CO1. The summed E-state index contributed by atoms with van der Waals surface area (Å²) in [6, 6.07) is 0. The first-order chi connectivity index (χ1) is 7.20. The van der Waals surface area contributed by atoms with Crippen molar-refractivity contribution in [2.45, 2.75) is 6.92 Å². The largest absolute Gasteiger partial charge is 0.470 e. The summed E-state index contributed by atoms with van der Waals surface area (Å²) in [5.74, 6) is -0.829. The zero-order chi connectivity index (χ0) is 11.3. The second-order valence-corrected chi connectivity index (χ2v) is 2.81. The highest BCUT2D eigenvalue weighted by molar-refractivity contribution is 6.19. The fourth-order valence-electron chi connectivity index (χ4n) is 1.12. The number of hydrogen-bond donors (Lipinski definition) is 1. The Morgan fingerprint density at radius 1 is 1.73 bits per heavy atom. The molecule has 0 fully saturated rings. The number of ether oxygens (including phenoxy) is 2. The molecule has 0 unspecified atom stereocenters. The first kappa shape index (κ1) is 11.3. The number of nitrogens with one attached hydrogen (secondary N) is 1. The van der Waals surface area contributed by atoms with E-state index in [9.17, 15) is 9.59 Å². The van der Waals surface area contributed by atoms with Crippen molar-refractivity contribution in [1.29, 1.82) is 0 Å². The van der Waals surface area contributed by atoms with Gasteiger partial charge < -0.3 is 14.8 Å². The Kier molecular flexibility index (Phi) is 3.91. The molecule has 0 aromatic heterocycles. The molecule has 1 N–H and O–H groups in total. The molecule has 1 heterocycles. The van der Waals surface area contributed by atoms with Crippen molar-refractivity contribution in [2.75, 3.05) is 19.8 Å². The maximum atomic E-state index is 11.4. The van der Waals surface area contributed by atoms with Gasteiger partial charge in [-0.25, -0.2) is 4.79 Å². The van der Waals surface area contributed by atoms with Gasteiger partial charge in [0.05, 0.1) is 6.61 Å². The van der Waals surface area contributed by atoms with Crippen LogP contribution in [0.25, 0.3) is 0 Å². The van der Waals surface area contributed by atoms with Gasteiger partial charge in [0, 0.05) is 6.54 Å². The predicted molar refractivity (Wildman–Crippen MR) is 52.8 cm³/mol. The molecular weight excluding hydrogens is 198 g/mol. The minimum atomic E-state index is -0.647. The molecule has 1 aliphatic rings. The van der Waals surface area contributed by atoms with Crippen LogP contribution < -0.4 is 5.32 Å². The van der Waals surface area contributed by atoms with Gasteiger partial charge in [-0.2, -0.15) is 0 Å². The second-order valence-electron chi connectivity index (χ2n) is 2.81. The van der Waals surface area contributed by atoms with Crippen molar-refractivity contribution in [3.8, 4) is 0 Å². The summed E-state index contributed by atoms with van der Waals surface area (Å²) < 4.78 is 9.76. The van der Waals surface area contributed by atoms with E-state index in [4.69, 9.17) is 9.47 Å². The van der Waals surface area contributed by atoms with Crippen molar-refractivity contribution in [1.82, 2.24) is 5.32 Å². The van der Waals surface area contributed by atoms with E-state index in [1.807, 2.05) is 0 Å². The molecule has 0 bridgehead atoms. The van der Waals surface area contributed by atoms with Crippen molar-refractivity contribution < 1.29 is 19.1 Å². The molecule has 0 amide bonds. The minimum absolute atomic E-state index is 0.0429. The van der Waals surface area contributed by atoms with E-state index in [1.54, 1.807) is 13.0 Å². The van der Waals surface area contributed by atoms with Crippen LogP contribution in [-0.4, -0.2) is 31.5 Å². The van der Waals surface area contributed by atoms with Gasteiger partial charge in [0.2, 0.25) is 11.7 Å². The monoisotopic (exact) mass is 211 g/mol. The fraction of sp³-hybridized carbons (Fsp3) is 0.400. The summed E-state index contributed by atoms with van der Waals surface area (Å²) in [6.07, 6.45) is 1.60. The van der Waals surface area contributed by atoms with E-state index in [1.165, 1.54) is 0 Å². The first-order valence-corrected chi connectivity index (χ1v) is 4.62. The van der Waals surface area contributed by atoms with E-state index in [0.717, 1.165) is 0 Å². The summed E-state index contributed by atoms with van der Waals surface area (Å²) in [4.78, 5) is 22.7. The molecule has 0 aromatic rings. The van der Waals surface area contributed by atoms with Crippen molar-refractivity contribution in [3.05, 3.63) is 24.1 Å². The number of hydrogen-bond acceptors (Lipinski definition) is 5. The first-order valence-electron chi connectivity index (χ1n) is 4.62. The molecule has 5 nitrogen and oxygen atoms in total. The Labute approximate surface area is 87.7 Å². The quantitative estimate of drug-likeness (QED) is 0.398. The number of rotatable bonds is 5. The maximum absolute atomic E-state index is 11.4. The lowest BCUT2D eigenvalue weighted by molar-refractivity contribution is -0.139. The molecule has 0 atom stereocenters. The Morgan fingerprint density at radius 3 is 3.07 bits per heavy atom. The molecule has 1 aliphatic heterocycles. The average molecular weight is 211 g/mol. The van der Waals surface area contributed by atoms with Crippen LogP contribution in [0.15, 0.2) is 24.1 Å². The third-order valence-electron chi connectivity index (χ3n) is 1.74. The van der Waals surface area contributed by atoms with Crippen molar-refractivity contribution >= 4 is 11.8 Å². The summed E-state index contributed by atoms with van der Waals surface area (Å²) in [7, 11) is 0. The topological polar surface area (TPSA) is 64.6 Å². The summed E-state index contributed by atoms with van der Waals surface area (Å²) in [6.45, 7) is 5.71. The van der Waals surface area contributed by atoms with Crippen LogP contribution in [0.2, 0.25) is 0 Å². The van der Waals surface area contributed by atoms with Crippen LogP contribution >= 0.6 is 0 Å². The number of Topliss-reactive ketones (excluding diaryl/α,β-unsaturated/α-hetero) is 1. The van der Waals surface area contributed by atoms with Gasteiger partial charge in [-0.05, 0) is 6.92 Å². The maximum Gasteiger partial charge on any atom is 0.347 e. The zero-order valence-corrected chi connectivity index (χ0v) is 8.54. The average Bonchev–Trinajstić information content (AvgIpc) is 2.57. The minimum Gasteiger partial charge on any atom is -0.470 e. The molecule has 0 saturated carbocycles. The fourth-order valence-corrected chi connectivity index (χ4v) is 1.12. The van der Waals surface area contributed by atoms with Gasteiger partial charge in [0.25, 0.3) is 0 Å². The molecule has 82 valence electrons. The molecular formula is C10H13NO4. The van der Waals surface area contributed by atoms with Crippen LogP contribution in [0.1, 0.15) is 6.92 Å². The summed E-state index contributed by atoms with van der Waals surface area (Å²) >= 11 is 0. The summed E-state index contributed by atoms with van der Waals surface area (Å²) in [5.41, 5.74) is -0.0429. The highest BCUT2D eigenvalue weighted by Gasteiger charge is 2.31. The predicted octanol–water partition coefficient (Wildman–Crippen LogP) is 0.136. The highest BCUT2D eigenvalue weighted by Crippen LogP contribution is 2.15. The van der Waals surface area contributed by atoms with E-state index in [0.29, 0.717) is 6.54 Å². The highest BCUT2D eigenvalue weighted by atomic mass is 16.5. The molecule has 1 rings (SSSR count). The van der Waals surface area contributed by atoms with Gasteiger partial charge in [0.1, 0.15) is 0 Å². The van der Waals surface area contributed by atoms with Gasteiger partial charge in [0.15, 0.2) is 12.2 Å².